The lowest BCUT2D eigenvalue weighted by molar-refractivity contribution is -0.163. The maximum atomic E-state index is 11.2. The van der Waals surface area contributed by atoms with E-state index in [0.717, 1.165) is 70.0 Å². The van der Waals surface area contributed by atoms with E-state index in [2.05, 4.69) is 109 Å². The second kappa shape index (κ2) is 17.1. The summed E-state index contributed by atoms with van der Waals surface area (Å²) in [5, 5.41) is 9.22. The summed E-state index contributed by atoms with van der Waals surface area (Å²) in [6.45, 7) is 16.7. The highest BCUT2D eigenvalue weighted by molar-refractivity contribution is 14.1. The Kier molecular flexibility index (Phi) is 13.4. The van der Waals surface area contributed by atoms with Crippen LogP contribution < -0.4 is 0 Å². The predicted molar refractivity (Wildman–Crippen MR) is 197 cm³/mol. The molecule has 2 heterocycles. The fourth-order valence-corrected chi connectivity index (χ4v) is 6.22. The molecule has 1 fully saturated rings. The molecule has 2 aromatic carbocycles. The van der Waals surface area contributed by atoms with Crippen LogP contribution in [0.15, 0.2) is 57.4 Å². The molecule has 0 amide bonds. The summed E-state index contributed by atoms with van der Waals surface area (Å²) >= 11 is 2.30. The first-order chi connectivity index (χ1) is 22.8. The molecule has 2 aromatic heterocycles. The summed E-state index contributed by atoms with van der Waals surface area (Å²) in [5.74, 6) is 3.47. The lowest BCUT2D eigenvalue weighted by Gasteiger charge is -2.31. The number of carboxylic acid groups (broad SMARTS) is 1. The molecule has 0 unspecified atom stereocenters. The van der Waals surface area contributed by atoms with Crippen molar-refractivity contribution < 1.29 is 28.2 Å². The van der Waals surface area contributed by atoms with Gasteiger partial charge in [-0.3, -0.25) is 0 Å². The first-order valence-corrected chi connectivity index (χ1v) is 18.5. The largest absolute Gasteiger partial charge is 0.479 e. The number of hydrogen-bond acceptors (Lipinski definition) is 7. The van der Waals surface area contributed by atoms with Crippen LogP contribution >= 0.6 is 22.6 Å². The van der Waals surface area contributed by atoms with Gasteiger partial charge in [0.2, 0.25) is 11.8 Å². The quantitative estimate of drug-likeness (QED) is 0.112. The van der Waals surface area contributed by atoms with E-state index in [1.165, 1.54) is 11.1 Å². The number of ether oxygens (including phenoxy) is 2. The van der Waals surface area contributed by atoms with Gasteiger partial charge in [-0.2, -0.15) is 0 Å². The van der Waals surface area contributed by atoms with Crippen LogP contribution in [0.2, 0.25) is 0 Å². The minimum absolute atomic E-state index is 0.125. The van der Waals surface area contributed by atoms with Gasteiger partial charge in [-0.15, -0.1) is 0 Å². The lowest BCUT2D eigenvalue weighted by Crippen LogP contribution is -2.37. The highest BCUT2D eigenvalue weighted by Crippen LogP contribution is 2.30. The molecule has 0 radical (unpaired) electrons. The zero-order valence-corrected chi connectivity index (χ0v) is 31.8. The molecule has 1 saturated carbocycles. The number of aryl methyl sites for hydroxylation is 2. The Labute approximate surface area is 299 Å². The zero-order chi connectivity index (χ0) is 35.0. The van der Waals surface area contributed by atoms with Crippen molar-refractivity contribution in [2.75, 3.05) is 6.61 Å². The third kappa shape index (κ3) is 10.2. The van der Waals surface area contributed by atoms with Crippen molar-refractivity contribution in [3.05, 3.63) is 82.6 Å². The standard InChI is InChI=1S/C25H35NO5.C14H16INO/c1-16(2)19-9-11-20(12-10-19)23-26-22(17(3)31-23)15-29-21-8-6-7-18(13-21)14-30-25(4,5)24(27)28;1-9(2)11-4-6-12(7-5-11)14-16-13(8-15)10(3)17-14/h9-12,16,18,21H,6-8,13-15H2,1-5H3,(H,27,28);4-7,9H,8H2,1-3H3/t18-,21+;/m1./s1. The number of alkyl halides is 1. The van der Waals surface area contributed by atoms with Crippen molar-refractivity contribution >= 4 is 28.6 Å². The molecule has 0 saturated heterocycles. The Bertz CT molecular complexity index is 1600. The van der Waals surface area contributed by atoms with E-state index < -0.39 is 11.6 Å². The van der Waals surface area contributed by atoms with E-state index in [-0.39, 0.29) is 6.10 Å². The second-order valence-electron chi connectivity index (χ2n) is 13.8. The summed E-state index contributed by atoms with van der Waals surface area (Å²) in [6.07, 6.45) is 4.09. The molecule has 0 spiro atoms. The van der Waals surface area contributed by atoms with E-state index in [4.69, 9.17) is 18.3 Å². The van der Waals surface area contributed by atoms with E-state index >= 15 is 0 Å². The molecular formula is C39H51IN2O6. The fraction of sp³-hybridized carbons (Fsp3) is 0.513. The molecule has 1 aliphatic rings. The maximum absolute atomic E-state index is 11.2. The van der Waals surface area contributed by atoms with Crippen molar-refractivity contribution in [1.82, 2.24) is 9.97 Å². The summed E-state index contributed by atoms with van der Waals surface area (Å²) in [6, 6.07) is 16.8. The van der Waals surface area contributed by atoms with Crippen LogP contribution in [0.4, 0.5) is 0 Å². The van der Waals surface area contributed by atoms with Crippen LogP contribution in [-0.4, -0.2) is 39.4 Å². The first-order valence-electron chi connectivity index (χ1n) is 17.0. The SMILES string of the molecule is Cc1oc(-c2ccc(C(C)C)cc2)nc1CI.Cc1oc(-c2ccc(C(C)C)cc2)nc1CO[C@H]1CCC[C@@H](COC(C)(C)C(=O)O)C1. The van der Waals surface area contributed by atoms with Gasteiger partial charge < -0.3 is 23.4 Å². The van der Waals surface area contributed by atoms with Gasteiger partial charge in [0.05, 0.1) is 25.0 Å². The number of rotatable bonds is 12. The molecule has 1 N–H and O–H groups in total. The normalized spacial score (nSPS) is 16.6. The van der Waals surface area contributed by atoms with Gasteiger partial charge in [0.1, 0.15) is 17.2 Å². The Morgan fingerprint density at radius 3 is 1.83 bits per heavy atom. The number of hydrogen-bond donors (Lipinski definition) is 1. The minimum Gasteiger partial charge on any atom is -0.479 e. The summed E-state index contributed by atoms with van der Waals surface area (Å²) in [4.78, 5) is 20.4. The van der Waals surface area contributed by atoms with Crippen LogP contribution in [0.1, 0.15) is 113 Å². The number of benzene rings is 2. The van der Waals surface area contributed by atoms with E-state index in [9.17, 15) is 9.90 Å². The Balaban J connectivity index is 0.000000257. The molecule has 4 aromatic rings. The van der Waals surface area contributed by atoms with Gasteiger partial charge in [0.15, 0.2) is 5.60 Å². The van der Waals surface area contributed by atoms with E-state index in [0.29, 0.717) is 36.9 Å². The Morgan fingerprint density at radius 2 is 1.38 bits per heavy atom. The highest BCUT2D eigenvalue weighted by Gasteiger charge is 2.31. The minimum atomic E-state index is -1.16. The zero-order valence-electron chi connectivity index (χ0n) is 29.6. The fourth-order valence-electron chi connectivity index (χ4n) is 5.51. The molecule has 2 atom stereocenters. The van der Waals surface area contributed by atoms with Crippen LogP contribution in [0.25, 0.3) is 22.9 Å². The Morgan fingerprint density at radius 1 is 0.875 bits per heavy atom. The third-order valence-electron chi connectivity index (χ3n) is 8.95. The number of carboxylic acids is 1. The average molecular weight is 771 g/mol. The third-order valence-corrected chi connectivity index (χ3v) is 9.67. The summed E-state index contributed by atoms with van der Waals surface area (Å²) in [5.41, 5.74) is 5.35. The van der Waals surface area contributed by atoms with Crippen LogP contribution in [-0.2, 0) is 25.3 Å². The number of aliphatic carboxylic acids is 1. The average Bonchev–Trinajstić information content (AvgIpc) is 3.64. The van der Waals surface area contributed by atoms with E-state index in [1.54, 1.807) is 13.8 Å². The summed E-state index contributed by atoms with van der Waals surface area (Å²) < 4.78 is 24.3. The number of carbonyl (C=O) groups is 1. The second-order valence-corrected chi connectivity index (χ2v) is 14.6. The number of nitrogens with zero attached hydrogens (tertiary/aromatic N) is 2. The molecule has 0 bridgehead atoms. The molecule has 5 rings (SSSR count). The van der Waals surface area contributed by atoms with Gasteiger partial charge in [0.25, 0.3) is 0 Å². The molecule has 0 aliphatic heterocycles. The van der Waals surface area contributed by atoms with E-state index in [1.807, 2.05) is 13.8 Å². The number of halogens is 1. The van der Waals surface area contributed by atoms with Gasteiger partial charge in [-0.25, -0.2) is 14.8 Å². The maximum Gasteiger partial charge on any atom is 0.335 e. The van der Waals surface area contributed by atoms with Crippen molar-refractivity contribution in [2.24, 2.45) is 5.92 Å². The monoisotopic (exact) mass is 770 g/mol. The lowest BCUT2D eigenvalue weighted by atomic mass is 9.87. The molecule has 48 heavy (non-hydrogen) atoms. The van der Waals surface area contributed by atoms with Crippen molar-refractivity contribution in [2.45, 2.75) is 116 Å². The van der Waals surface area contributed by atoms with Gasteiger partial charge in [-0.1, -0.05) is 81.0 Å². The molecular weight excluding hydrogens is 719 g/mol. The topological polar surface area (TPSA) is 108 Å². The number of oxazole rings is 2. The smallest absolute Gasteiger partial charge is 0.335 e. The molecule has 1 aliphatic carbocycles. The molecule has 260 valence electrons. The van der Waals surface area contributed by atoms with Crippen LogP contribution in [0.3, 0.4) is 0 Å². The van der Waals surface area contributed by atoms with Crippen molar-refractivity contribution in [1.29, 1.82) is 0 Å². The first kappa shape index (κ1) is 37.8. The van der Waals surface area contributed by atoms with Crippen LogP contribution in [0, 0.1) is 19.8 Å². The van der Waals surface area contributed by atoms with Gasteiger partial charge in [0, 0.05) is 15.6 Å². The Hall–Kier alpha value is -3.02. The van der Waals surface area contributed by atoms with Crippen molar-refractivity contribution in [3.63, 3.8) is 0 Å². The van der Waals surface area contributed by atoms with Crippen LogP contribution in [0.5, 0.6) is 0 Å². The highest BCUT2D eigenvalue weighted by atomic mass is 127. The summed E-state index contributed by atoms with van der Waals surface area (Å²) in [7, 11) is 0. The van der Waals surface area contributed by atoms with Crippen molar-refractivity contribution in [3.8, 4) is 22.9 Å². The predicted octanol–water partition coefficient (Wildman–Crippen LogP) is 10.4. The molecule has 9 heteroatoms. The van der Waals surface area contributed by atoms with Gasteiger partial charge in [-0.05, 0) is 100 Å². The number of aromatic nitrogens is 2. The van der Waals surface area contributed by atoms with Gasteiger partial charge >= 0.3 is 5.97 Å². The molecule has 8 nitrogen and oxygen atoms in total.